The maximum Gasteiger partial charge on any atom is 0.306 e. The summed E-state index contributed by atoms with van der Waals surface area (Å²) in [6, 6.07) is 4.60. The zero-order valence-electron chi connectivity index (χ0n) is 9.75. The fraction of sp³-hybridized carbons (Fsp3) is 0.333. The zero-order valence-corrected chi connectivity index (χ0v) is 10.6. The van der Waals surface area contributed by atoms with Crippen LogP contribution in [0.25, 0.3) is 0 Å². The maximum atomic E-state index is 11.9. The second kappa shape index (κ2) is 4.53. The summed E-state index contributed by atoms with van der Waals surface area (Å²) in [6.45, 7) is 0. The van der Waals surface area contributed by atoms with E-state index in [1.54, 1.807) is 6.07 Å². The summed E-state index contributed by atoms with van der Waals surface area (Å²) in [6.07, 6.45) is 2.38. The van der Waals surface area contributed by atoms with Crippen LogP contribution >= 0.6 is 0 Å². The minimum atomic E-state index is -3.60. The lowest BCUT2D eigenvalue weighted by molar-refractivity contribution is -0.108. The third-order valence-electron chi connectivity index (χ3n) is 2.81. The molecule has 0 fully saturated rings. The van der Waals surface area contributed by atoms with E-state index in [4.69, 9.17) is 4.18 Å². The van der Waals surface area contributed by atoms with Crippen molar-refractivity contribution in [2.75, 3.05) is 6.26 Å². The Bertz CT molecular complexity index is 603. The number of fused-ring (bicyclic) bond motifs is 1. The number of aldehydes is 1. The Morgan fingerprint density at radius 1 is 1.44 bits per heavy atom. The van der Waals surface area contributed by atoms with Crippen LogP contribution in [-0.2, 0) is 21.3 Å². The molecule has 0 heterocycles. The Morgan fingerprint density at radius 3 is 2.78 bits per heavy atom. The van der Waals surface area contributed by atoms with Gasteiger partial charge in [-0.2, -0.15) is 8.42 Å². The fourth-order valence-corrected chi connectivity index (χ4v) is 2.53. The second-order valence-corrected chi connectivity index (χ2v) is 5.85. The van der Waals surface area contributed by atoms with E-state index >= 15 is 0 Å². The largest absolute Gasteiger partial charge is 0.383 e. The summed E-state index contributed by atoms with van der Waals surface area (Å²) in [7, 11) is -3.60. The van der Waals surface area contributed by atoms with Gasteiger partial charge in [0.05, 0.1) is 6.26 Å². The molecule has 0 aromatic heterocycles. The van der Waals surface area contributed by atoms with Gasteiger partial charge in [0.2, 0.25) is 0 Å². The van der Waals surface area contributed by atoms with Crippen LogP contribution in [0.2, 0.25) is 0 Å². The van der Waals surface area contributed by atoms with Crippen molar-refractivity contribution in [2.45, 2.75) is 12.8 Å². The van der Waals surface area contributed by atoms with Gasteiger partial charge in [-0.1, -0.05) is 6.07 Å². The second-order valence-electron chi connectivity index (χ2n) is 4.27. The molecule has 0 radical (unpaired) electrons. The van der Waals surface area contributed by atoms with Crippen molar-refractivity contribution in [1.29, 1.82) is 0 Å². The molecular weight excluding hydrogens is 256 g/mol. The average molecular weight is 268 g/mol. The van der Waals surface area contributed by atoms with E-state index in [1.165, 1.54) is 12.1 Å². The molecule has 0 bridgehead atoms. The summed E-state index contributed by atoms with van der Waals surface area (Å²) < 4.78 is 26.7. The first-order valence-corrected chi connectivity index (χ1v) is 7.22. The van der Waals surface area contributed by atoms with Gasteiger partial charge in [0, 0.05) is 17.9 Å². The van der Waals surface area contributed by atoms with E-state index < -0.39 is 10.1 Å². The number of hydrogen-bond acceptors (Lipinski definition) is 5. The lowest BCUT2D eigenvalue weighted by Gasteiger charge is -2.04. The zero-order chi connectivity index (χ0) is 13.3. The SMILES string of the molecule is CS(=O)(=O)Oc1ccc2c(c1)C(=O)[C@H](CC=O)C2. The molecule has 1 aliphatic carbocycles. The van der Waals surface area contributed by atoms with Crippen LogP contribution in [0.3, 0.4) is 0 Å². The van der Waals surface area contributed by atoms with Gasteiger partial charge in [0.1, 0.15) is 12.0 Å². The summed E-state index contributed by atoms with van der Waals surface area (Å²) in [5.41, 5.74) is 1.27. The predicted molar refractivity (Wildman–Crippen MR) is 64.1 cm³/mol. The molecule has 2 rings (SSSR count). The number of benzene rings is 1. The van der Waals surface area contributed by atoms with Crippen molar-refractivity contribution < 1.29 is 22.2 Å². The topological polar surface area (TPSA) is 77.5 Å². The highest BCUT2D eigenvalue weighted by Gasteiger charge is 2.30. The molecule has 0 saturated carbocycles. The van der Waals surface area contributed by atoms with Gasteiger partial charge < -0.3 is 8.98 Å². The molecule has 0 unspecified atom stereocenters. The van der Waals surface area contributed by atoms with Gasteiger partial charge in [-0.05, 0) is 24.1 Å². The van der Waals surface area contributed by atoms with E-state index in [9.17, 15) is 18.0 Å². The lowest BCUT2D eigenvalue weighted by atomic mass is 10.0. The van der Waals surface area contributed by atoms with E-state index in [0.29, 0.717) is 12.0 Å². The number of hydrogen-bond donors (Lipinski definition) is 0. The standard InChI is InChI=1S/C12H12O5S/c1-18(15,16)17-10-3-2-8-6-9(4-5-13)12(14)11(8)7-10/h2-3,5,7,9H,4,6H2,1H3/t9-/m1/s1. The summed E-state index contributed by atoms with van der Waals surface area (Å²) in [5, 5.41) is 0. The Labute approximate surface area is 105 Å². The lowest BCUT2D eigenvalue weighted by Crippen LogP contribution is -2.09. The molecule has 1 aromatic carbocycles. The molecule has 96 valence electrons. The van der Waals surface area contributed by atoms with Crippen LogP contribution in [0.1, 0.15) is 22.3 Å². The van der Waals surface area contributed by atoms with E-state index in [2.05, 4.69) is 0 Å². The first-order valence-electron chi connectivity index (χ1n) is 5.41. The fourth-order valence-electron chi connectivity index (χ4n) is 2.07. The van der Waals surface area contributed by atoms with Gasteiger partial charge in [0.15, 0.2) is 5.78 Å². The third-order valence-corrected chi connectivity index (χ3v) is 3.31. The average Bonchev–Trinajstić information content (AvgIpc) is 2.55. The van der Waals surface area contributed by atoms with Crippen LogP contribution in [0, 0.1) is 5.92 Å². The Hall–Kier alpha value is -1.69. The monoisotopic (exact) mass is 268 g/mol. The van der Waals surface area contributed by atoms with Crippen LogP contribution in [0.4, 0.5) is 0 Å². The molecule has 0 spiro atoms. The van der Waals surface area contributed by atoms with E-state index in [-0.39, 0.29) is 23.9 Å². The molecule has 18 heavy (non-hydrogen) atoms. The highest BCUT2D eigenvalue weighted by molar-refractivity contribution is 7.86. The van der Waals surface area contributed by atoms with Crippen LogP contribution < -0.4 is 4.18 Å². The minimum absolute atomic E-state index is 0.122. The molecule has 0 N–H and O–H groups in total. The number of Topliss-reactive ketones (excluding diaryl/α,β-unsaturated/α-hetero) is 1. The maximum absolute atomic E-state index is 11.9. The van der Waals surface area contributed by atoms with Crippen molar-refractivity contribution in [3.8, 4) is 5.75 Å². The van der Waals surface area contributed by atoms with Gasteiger partial charge in [-0.15, -0.1) is 0 Å². The summed E-state index contributed by atoms with van der Waals surface area (Å²) >= 11 is 0. The van der Waals surface area contributed by atoms with Crippen molar-refractivity contribution in [3.05, 3.63) is 29.3 Å². The number of carbonyl (C=O) groups excluding carboxylic acids is 2. The summed E-state index contributed by atoms with van der Waals surface area (Å²) in [5.74, 6) is -0.335. The molecule has 5 nitrogen and oxygen atoms in total. The highest BCUT2D eigenvalue weighted by Crippen LogP contribution is 2.31. The van der Waals surface area contributed by atoms with Crippen molar-refractivity contribution >= 4 is 22.2 Å². The van der Waals surface area contributed by atoms with E-state index in [0.717, 1.165) is 18.1 Å². The molecule has 1 aromatic rings. The van der Waals surface area contributed by atoms with Gasteiger partial charge in [0.25, 0.3) is 0 Å². The number of carbonyl (C=O) groups is 2. The predicted octanol–water partition coefficient (Wildman–Crippen LogP) is 0.969. The smallest absolute Gasteiger partial charge is 0.306 e. The van der Waals surface area contributed by atoms with Crippen molar-refractivity contribution in [2.24, 2.45) is 5.92 Å². The first-order chi connectivity index (χ1) is 8.40. The first kappa shape index (κ1) is 12.8. The molecule has 6 heteroatoms. The summed E-state index contributed by atoms with van der Waals surface area (Å²) in [4.78, 5) is 22.4. The van der Waals surface area contributed by atoms with Gasteiger partial charge in [-0.3, -0.25) is 4.79 Å². The third kappa shape index (κ3) is 2.59. The molecule has 1 aliphatic rings. The molecule has 0 saturated heterocycles. The van der Waals surface area contributed by atoms with Crippen LogP contribution in [0.15, 0.2) is 18.2 Å². The Kier molecular flexibility index (Phi) is 3.21. The Balaban J connectivity index is 2.30. The van der Waals surface area contributed by atoms with Crippen LogP contribution in [-0.4, -0.2) is 26.7 Å². The molecular formula is C12H12O5S. The quantitative estimate of drug-likeness (QED) is 0.600. The van der Waals surface area contributed by atoms with Crippen LogP contribution in [0.5, 0.6) is 5.75 Å². The number of rotatable bonds is 4. The van der Waals surface area contributed by atoms with Crippen molar-refractivity contribution in [3.63, 3.8) is 0 Å². The van der Waals surface area contributed by atoms with E-state index in [1.807, 2.05) is 0 Å². The Morgan fingerprint density at radius 2 is 2.17 bits per heavy atom. The molecule has 1 atom stereocenters. The van der Waals surface area contributed by atoms with Crippen molar-refractivity contribution in [1.82, 2.24) is 0 Å². The van der Waals surface area contributed by atoms with Gasteiger partial charge in [-0.25, -0.2) is 0 Å². The minimum Gasteiger partial charge on any atom is -0.383 e. The number of ketones is 1. The molecule has 0 amide bonds. The highest BCUT2D eigenvalue weighted by atomic mass is 32.2. The normalized spacial score (nSPS) is 18.5. The van der Waals surface area contributed by atoms with Gasteiger partial charge >= 0.3 is 10.1 Å². The molecule has 0 aliphatic heterocycles.